The summed E-state index contributed by atoms with van der Waals surface area (Å²) in [4.78, 5) is 10.9. The molecule has 0 aliphatic heterocycles. The van der Waals surface area contributed by atoms with E-state index in [1.807, 2.05) is 25.2 Å². The standard InChI is InChI=1S/C12H19NO3/c1-4-6-10(7-5-2)11(16-3)8-9-12(14)13-15/h4-7,11,15H,1,8-9H2,2-3H3,(H,13,14)/b7-5-,10-6+. The Morgan fingerprint density at radius 3 is 2.75 bits per heavy atom. The van der Waals surface area contributed by atoms with Crippen molar-refractivity contribution in [2.45, 2.75) is 25.9 Å². The monoisotopic (exact) mass is 225 g/mol. The summed E-state index contributed by atoms with van der Waals surface area (Å²) in [5.41, 5.74) is 2.54. The summed E-state index contributed by atoms with van der Waals surface area (Å²) in [7, 11) is 1.59. The molecule has 0 aliphatic carbocycles. The van der Waals surface area contributed by atoms with Crippen molar-refractivity contribution >= 4 is 5.91 Å². The molecule has 4 nitrogen and oxygen atoms in total. The Kier molecular flexibility index (Phi) is 8.11. The molecule has 0 aromatic carbocycles. The van der Waals surface area contributed by atoms with E-state index in [0.29, 0.717) is 6.42 Å². The first-order valence-corrected chi connectivity index (χ1v) is 5.10. The van der Waals surface area contributed by atoms with Crippen molar-refractivity contribution in [2.75, 3.05) is 7.11 Å². The molecule has 0 spiro atoms. The first-order chi connectivity index (χ1) is 7.69. The maximum Gasteiger partial charge on any atom is 0.243 e. The Bertz CT molecular complexity index is 282. The van der Waals surface area contributed by atoms with Crippen LogP contribution in [0, 0.1) is 0 Å². The Balaban J connectivity index is 4.49. The lowest BCUT2D eigenvalue weighted by Crippen LogP contribution is -2.22. The van der Waals surface area contributed by atoms with E-state index in [-0.39, 0.29) is 12.5 Å². The number of amides is 1. The summed E-state index contributed by atoms with van der Waals surface area (Å²) >= 11 is 0. The molecule has 0 saturated carbocycles. The average Bonchev–Trinajstić information content (AvgIpc) is 2.30. The molecule has 16 heavy (non-hydrogen) atoms. The molecule has 4 heteroatoms. The molecule has 0 rings (SSSR count). The van der Waals surface area contributed by atoms with Crippen molar-refractivity contribution < 1.29 is 14.7 Å². The lowest BCUT2D eigenvalue weighted by Gasteiger charge is -2.15. The maximum absolute atomic E-state index is 10.9. The van der Waals surface area contributed by atoms with Gasteiger partial charge in [-0.15, -0.1) is 0 Å². The molecule has 0 saturated heterocycles. The summed E-state index contributed by atoms with van der Waals surface area (Å²) in [6.07, 6.45) is 7.86. The van der Waals surface area contributed by atoms with E-state index in [0.717, 1.165) is 5.57 Å². The van der Waals surface area contributed by atoms with E-state index >= 15 is 0 Å². The number of nitrogens with one attached hydrogen (secondary N) is 1. The van der Waals surface area contributed by atoms with Crippen molar-refractivity contribution in [3.63, 3.8) is 0 Å². The van der Waals surface area contributed by atoms with Crippen LogP contribution >= 0.6 is 0 Å². The second-order valence-corrected chi connectivity index (χ2v) is 3.20. The average molecular weight is 225 g/mol. The minimum Gasteiger partial charge on any atom is -0.377 e. The normalized spacial score (nSPS) is 13.8. The zero-order valence-electron chi connectivity index (χ0n) is 9.77. The second kappa shape index (κ2) is 8.88. The van der Waals surface area contributed by atoms with Crippen molar-refractivity contribution in [2.24, 2.45) is 0 Å². The van der Waals surface area contributed by atoms with Gasteiger partial charge in [-0.25, -0.2) is 5.48 Å². The summed E-state index contributed by atoms with van der Waals surface area (Å²) in [5, 5.41) is 8.38. The molecule has 0 heterocycles. The van der Waals surface area contributed by atoms with Gasteiger partial charge >= 0.3 is 0 Å². The summed E-state index contributed by atoms with van der Waals surface area (Å²) < 4.78 is 5.28. The fraction of sp³-hybridized carbons (Fsp3) is 0.417. The minimum absolute atomic E-state index is 0.175. The van der Waals surface area contributed by atoms with Crippen LogP contribution in [0.3, 0.4) is 0 Å². The number of hydrogen-bond acceptors (Lipinski definition) is 3. The van der Waals surface area contributed by atoms with Crippen molar-refractivity contribution in [3.05, 3.63) is 36.5 Å². The lowest BCUT2D eigenvalue weighted by atomic mass is 10.0. The van der Waals surface area contributed by atoms with Gasteiger partial charge in [0, 0.05) is 13.5 Å². The van der Waals surface area contributed by atoms with Gasteiger partial charge in [0.15, 0.2) is 0 Å². The zero-order chi connectivity index (χ0) is 12.4. The molecule has 1 amide bonds. The van der Waals surface area contributed by atoms with Crippen LogP contribution in [0.15, 0.2) is 36.5 Å². The highest BCUT2D eigenvalue weighted by Gasteiger charge is 2.12. The van der Waals surface area contributed by atoms with Gasteiger partial charge in [0.25, 0.3) is 0 Å². The van der Waals surface area contributed by atoms with Gasteiger partial charge in [-0.1, -0.05) is 30.9 Å². The molecule has 0 bridgehead atoms. The number of hydroxylamine groups is 1. The molecule has 0 aromatic rings. The van der Waals surface area contributed by atoms with Crippen molar-refractivity contribution in [3.8, 4) is 0 Å². The molecule has 1 unspecified atom stereocenters. The Morgan fingerprint density at radius 2 is 2.31 bits per heavy atom. The van der Waals surface area contributed by atoms with Crippen LogP contribution in [-0.2, 0) is 9.53 Å². The molecule has 1 atom stereocenters. The first-order valence-electron chi connectivity index (χ1n) is 5.10. The molecule has 90 valence electrons. The fourth-order valence-corrected chi connectivity index (χ4v) is 1.34. The third kappa shape index (κ3) is 5.48. The van der Waals surface area contributed by atoms with Gasteiger partial charge in [0.05, 0.1) is 6.10 Å². The van der Waals surface area contributed by atoms with Crippen LogP contribution in [0.4, 0.5) is 0 Å². The lowest BCUT2D eigenvalue weighted by molar-refractivity contribution is -0.129. The van der Waals surface area contributed by atoms with Gasteiger partial charge in [0.2, 0.25) is 5.91 Å². The largest absolute Gasteiger partial charge is 0.377 e. The quantitative estimate of drug-likeness (QED) is 0.395. The van der Waals surface area contributed by atoms with E-state index in [4.69, 9.17) is 9.94 Å². The van der Waals surface area contributed by atoms with Gasteiger partial charge in [-0.2, -0.15) is 0 Å². The minimum atomic E-state index is -0.416. The summed E-state index contributed by atoms with van der Waals surface area (Å²) in [5.74, 6) is -0.416. The van der Waals surface area contributed by atoms with E-state index in [1.165, 1.54) is 0 Å². The number of methoxy groups -OCH3 is 1. The predicted octanol–water partition coefficient (Wildman–Crippen LogP) is 1.98. The Hall–Kier alpha value is -1.39. The number of carbonyl (C=O) groups is 1. The van der Waals surface area contributed by atoms with E-state index in [2.05, 4.69) is 6.58 Å². The van der Waals surface area contributed by atoms with Gasteiger partial charge in [-0.05, 0) is 18.9 Å². The topological polar surface area (TPSA) is 58.6 Å². The van der Waals surface area contributed by atoms with Crippen LogP contribution in [0.5, 0.6) is 0 Å². The number of carbonyl (C=O) groups excluding carboxylic acids is 1. The smallest absolute Gasteiger partial charge is 0.243 e. The van der Waals surface area contributed by atoms with Crippen LogP contribution in [0.1, 0.15) is 19.8 Å². The highest BCUT2D eigenvalue weighted by atomic mass is 16.5. The third-order valence-corrected chi connectivity index (χ3v) is 2.08. The Labute approximate surface area is 96.3 Å². The highest BCUT2D eigenvalue weighted by Crippen LogP contribution is 2.14. The van der Waals surface area contributed by atoms with Gasteiger partial charge in [-0.3, -0.25) is 10.0 Å². The van der Waals surface area contributed by atoms with Crippen LogP contribution in [-0.4, -0.2) is 24.3 Å². The maximum atomic E-state index is 10.9. The molecular weight excluding hydrogens is 206 g/mol. The van der Waals surface area contributed by atoms with E-state index in [1.54, 1.807) is 18.7 Å². The third-order valence-electron chi connectivity index (χ3n) is 2.08. The van der Waals surface area contributed by atoms with E-state index < -0.39 is 5.91 Å². The number of allylic oxidation sites excluding steroid dienone is 3. The van der Waals surface area contributed by atoms with Crippen LogP contribution in [0.2, 0.25) is 0 Å². The molecule has 0 radical (unpaired) electrons. The van der Waals surface area contributed by atoms with E-state index in [9.17, 15) is 4.79 Å². The predicted molar refractivity (Wildman–Crippen MR) is 63.1 cm³/mol. The first kappa shape index (κ1) is 14.6. The molecule has 0 fully saturated rings. The molecule has 2 N–H and O–H groups in total. The number of ether oxygens (including phenoxy) is 1. The highest BCUT2D eigenvalue weighted by molar-refractivity contribution is 5.74. The van der Waals surface area contributed by atoms with Crippen LogP contribution < -0.4 is 5.48 Å². The molecule has 0 aliphatic rings. The van der Waals surface area contributed by atoms with Gasteiger partial charge in [0.1, 0.15) is 0 Å². The Morgan fingerprint density at radius 1 is 1.62 bits per heavy atom. The van der Waals surface area contributed by atoms with Gasteiger partial charge < -0.3 is 4.74 Å². The number of hydrogen-bond donors (Lipinski definition) is 2. The fourth-order valence-electron chi connectivity index (χ4n) is 1.34. The summed E-state index contributed by atoms with van der Waals surface area (Å²) in [6, 6.07) is 0. The second-order valence-electron chi connectivity index (χ2n) is 3.20. The zero-order valence-corrected chi connectivity index (χ0v) is 9.77. The molecular formula is C12H19NO3. The van der Waals surface area contributed by atoms with Crippen molar-refractivity contribution in [1.82, 2.24) is 5.48 Å². The molecule has 0 aromatic heterocycles. The number of rotatable bonds is 7. The SMILES string of the molecule is C=C/C=C(\C=C/C)C(CCC(=O)NO)OC. The summed E-state index contributed by atoms with van der Waals surface area (Å²) in [6.45, 7) is 5.53. The van der Waals surface area contributed by atoms with Crippen LogP contribution in [0.25, 0.3) is 0 Å². The van der Waals surface area contributed by atoms with Crippen molar-refractivity contribution in [1.29, 1.82) is 0 Å².